The Kier molecular flexibility index (Phi) is 5.46. The van der Waals surface area contributed by atoms with Crippen LogP contribution >= 0.6 is 0 Å². The largest absolute Gasteiger partial charge is 0.497 e. The van der Waals surface area contributed by atoms with Crippen molar-refractivity contribution in [2.75, 3.05) is 7.11 Å². The Morgan fingerprint density at radius 1 is 1.04 bits per heavy atom. The zero-order valence-corrected chi connectivity index (χ0v) is 13.8. The van der Waals surface area contributed by atoms with Crippen LogP contribution in [0.3, 0.4) is 0 Å². The molecule has 0 amide bonds. The van der Waals surface area contributed by atoms with E-state index in [1.165, 1.54) is 6.08 Å². The number of benzene rings is 1. The highest BCUT2D eigenvalue weighted by Crippen LogP contribution is 2.12. The first-order chi connectivity index (χ1) is 11.0. The van der Waals surface area contributed by atoms with E-state index in [1.54, 1.807) is 13.2 Å². The number of nitrogens with zero attached hydrogens (tertiary/aromatic N) is 2. The Hall–Kier alpha value is -2.69. The molecule has 120 valence electrons. The van der Waals surface area contributed by atoms with Gasteiger partial charge >= 0.3 is 5.97 Å². The van der Waals surface area contributed by atoms with Crippen LogP contribution in [0.1, 0.15) is 28.3 Å². The lowest BCUT2D eigenvalue weighted by Crippen LogP contribution is -2.07. The predicted octanol–water partition coefficient (Wildman–Crippen LogP) is 3.17. The van der Waals surface area contributed by atoms with Crippen molar-refractivity contribution in [1.29, 1.82) is 0 Å². The van der Waals surface area contributed by atoms with Crippen LogP contribution in [0.15, 0.2) is 30.3 Å². The van der Waals surface area contributed by atoms with E-state index >= 15 is 0 Å². The minimum Gasteiger partial charge on any atom is -0.497 e. The average molecular weight is 312 g/mol. The van der Waals surface area contributed by atoms with Gasteiger partial charge in [0.1, 0.15) is 12.4 Å². The summed E-state index contributed by atoms with van der Waals surface area (Å²) < 4.78 is 10.3. The SMILES string of the molecule is COc1ccc(/C=C/C(=O)OCc2nc(C)c(C)nc2C)cc1. The molecule has 0 fully saturated rings. The zero-order valence-electron chi connectivity index (χ0n) is 13.8. The quantitative estimate of drug-likeness (QED) is 0.627. The molecule has 0 radical (unpaired) electrons. The number of aryl methyl sites for hydroxylation is 3. The van der Waals surface area contributed by atoms with Crippen molar-refractivity contribution in [1.82, 2.24) is 9.97 Å². The van der Waals surface area contributed by atoms with E-state index in [2.05, 4.69) is 9.97 Å². The van der Waals surface area contributed by atoms with Gasteiger partial charge in [0.15, 0.2) is 0 Å². The van der Waals surface area contributed by atoms with Gasteiger partial charge in [0.05, 0.1) is 29.9 Å². The van der Waals surface area contributed by atoms with Gasteiger partial charge in [-0.2, -0.15) is 0 Å². The molecule has 0 bridgehead atoms. The van der Waals surface area contributed by atoms with Gasteiger partial charge < -0.3 is 9.47 Å². The van der Waals surface area contributed by atoms with Crippen LogP contribution in [-0.2, 0) is 16.1 Å². The Balaban J connectivity index is 1.94. The van der Waals surface area contributed by atoms with E-state index in [-0.39, 0.29) is 6.61 Å². The summed E-state index contributed by atoms with van der Waals surface area (Å²) in [5.74, 6) is 0.355. The second-order valence-corrected chi connectivity index (χ2v) is 5.14. The molecule has 1 aromatic heterocycles. The summed E-state index contributed by atoms with van der Waals surface area (Å²) in [6.45, 7) is 5.76. The molecule has 0 aliphatic carbocycles. The smallest absolute Gasteiger partial charge is 0.331 e. The van der Waals surface area contributed by atoms with Crippen molar-refractivity contribution in [3.63, 3.8) is 0 Å². The summed E-state index contributed by atoms with van der Waals surface area (Å²) in [5.41, 5.74) is 4.08. The lowest BCUT2D eigenvalue weighted by Gasteiger charge is -2.07. The summed E-state index contributed by atoms with van der Waals surface area (Å²) in [7, 11) is 1.61. The average Bonchev–Trinajstić information content (AvgIpc) is 2.55. The van der Waals surface area contributed by atoms with Crippen molar-refractivity contribution >= 4 is 12.0 Å². The lowest BCUT2D eigenvalue weighted by molar-refractivity contribution is -0.139. The molecule has 5 heteroatoms. The molecule has 0 saturated heterocycles. The van der Waals surface area contributed by atoms with Gasteiger partial charge in [0, 0.05) is 6.08 Å². The van der Waals surface area contributed by atoms with E-state index in [9.17, 15) is 4.79 Å². The van der Waals surface area contributed by atoms with Crippen LogP contribution in [0.2, 0.25) is 0 Å². The first kappa shape index (κ1) is 16.7. The van der Waals surface area contributed by atoms with Crippen molar-refractivity contribution < 1.29 is 14.3 Å². The van der Waals surface area contributed by atoms with Gasteiger partial charge in [-0.15, -0.1) is 0 Å². The molecule has 2 aromatic rings. The number of esters is 1. The maximum absolute atomic E-state index is 11.8. The molecule has 1 heterocycles. The third-order valence-electron chi connectivity index (χ3n) is 3.46. The highest BCUT2D eigenvalue weighted by Gasteiger charge is 2.07. The Morgan fingerprint density at radius 3 is 2.35 bits per heavy atom. The molecule has 0 aliphatic heterocycles. The summed E-state index contributed by atoms with van der Waals surface area (Å²) >= 11 is 0. The van der Waals surface area contributed by atoms with Gasteiger partial charge in [0.2, 0.25) is 0 Å². The number of carbonyl (C=O) groups excluding carboxylic acids is 1. The topological polar surface area (TPSA) is 61.3 Å². The van der Waals surface area contributed by atoms with E-state index in [4.69, 9.17) is 9.47 Å². The van der Waals surface area contributed by atoms with Gasteiger partial charge in [-0.05, 0) is 44.5 Å². The minimum absolute atomic E-state index is 0.117. The van der Waals surface area contributed by atoms with Crippen LogP contribution in [0.5, 0.6) is 5.75 Å². The number of methoxy groups -OCH3 is 1. The fourth-order valence-electron chi connectivity index (χ4n) is 1.96. The molecule has 0 saturated carbocycles. The molecule has 1 aromatic carbocycles. The first-order valence-corrected chi connectivity index (χ1v) is 7.29. The number of ether oxygens (including phenoxy) is 2. The molecule has 0 spiro atoms. The summed E-state index contributed by atoms with van der Waals surface area (Å²) in [6, 6.07) is 7.39. The fraction of sp³-hybridized carbons (Fsp3) is 0.278. The fourth-order valence-corrected chi connectivity index (χ4v) is 1.96. The molecular formula is C18H20N2O3. The van der Waals surface area contributed by atoms with Crippen LogP contribution in [0.4, 0.5) is 0 Å². The second kappa shape index (κ2) is 7.54. The maximum atomic E-state index is 11.8. The molecule has 5 nitrogen and oxygen atoms in total. The van der Waals surface area contributed by atoms with E-state index in [1.807, 2.05) is 45.0 Å². The second-order valence-electron chi connectivity index (χ2n) is 5.14. The van der Waals surface area contributed by atoms with Gasteiger partial charge in [-0.3, -0.25) is 9.97 Å². The summed E-state index contributed by atoms with van der Waals surface area (Å²) in [4.78, 5) is 20.6. The Bertz CT molecular complexity index is 722. The molecule has 0 aliphatic rings. The molecular weight excluding hydrogens is 292 g/mol. The molecule has 2 rings (SSSR count). The molecule has 0 unspecified atom stereocenters. The number of hydrogen-bond acceptors (Lipinski definition) is 5. The molecule has 0 N–H and O–H groups in total. The van der Waals surface area contributed by atoms with Crippen LogP contribution in [-0.4, -0.2) is 23.0 Å². The standard InChI is InChI=1S/C18H20N2O3/c1-12-13(2)20-17(14(3)19-12)11-23-18(21)10-7-15-5-8-16(22-4)9-6-15/h5-10H,11H2,1-4H3/b10-7+. The normalized spacial score (nSPS) is 10.8. The van der Waals surface area contributed by atoms with Gasteiger partial charge in [-0.25, -0.2) is 4.79 Å². The Morgan fingerprint density at radius 2 is 1.70 bits per heavy atom. The highest BCUT2D eigenvalue weighted by atomic mass is 16.5. The minimum atomic E-state index is -0.416. The first-order valence-electron chi connectivity index (χ1n) is 7.29. The monoisotopic (exact) mass is 312 g/mol. The van der Waals surface area contributed by atoms with Crippen LogP contribution in [0, 0.1) is 20.8 Å². The number of hydrogen-bond donors (Lipinski definition) is 0. The lowest BCUT2D eigenvalue weighted by atomic mass is 10.2. The predicted molar refractivity (Wildman–Crippen MR) is 88.1 cm³/mol. The van der Waals surface area contributed by atoms with Crippen molar-refractivity contribution in [3.05, 3.63) is 58.7 Å². The number of aromatic nitrogens is 2. The molecule has 23 heavy (non-hydrogen) atoms. The van der Waals surface area contributed by atoms with Crippen molar-refractivity contribution in [2.24, 2.45) is 0 Å². The zero-order chi connectivity index (χ0) is 16.8. The third-order valence-corrected chi connectivity index (χ3v) is 3.46. The number of carbonyl (C=O) groups is 1. The summed E-state index contributed by atoms with van der Waals surface area (Å²) in [5, 5.41) is 0. The number of rotatable bonds is 5. The van der Waals surface area contributed by atoms with Crippen LogP contribution in [0.25, 0.3) is 6.08 Å². The van der Waals surface area contributed by atoms with Crippen molar-refractivity contribution in [3.8, 4) is 5.75 Å². The Labute approximate surface area is 136 Å². The third kappa shape index (κ3) is 4.64. The van der Waals surface area contributed by atoms with Crippen LogP contribution < -0.4 is 4.74 Å². The highest BCUT2D eigenvalue weighted by molar-refractivity contribution is 5.87. The summed E-state index contributed by atoms with van der Waals surface area (Å²) in [6.07, 6.45) is 3.09. The van der Waals surface area contributed by atoms with E-state index in [0.717, 1.165) is 28.4 Å². The van der Waals surface area contributed by atoms with E-state index in [0.29, 0.717) is 5.69 Å². The maximum Gasteiger partial charge on any atom is 0.331 e. The van der Waals surface area contributed by atoms with Crippen molar-refractivity contribution in [2.45, 2.75) is 27.4 Å². The molecule has 0 atom stereocenters. The van der Waals surface area contributed by atoms with Gasteiger partial charge in [0.25, 0.3) is 0 Å². The van der Waals surface area contributed by atoms with E-state index < -0.39 is 5.97 Å². The van der Waals surface area contributed by atoms with Gasteiger partial charge in [-0.1, -0.05) is 12.1 Å².